The number of nitrogens with one attached hydrogen (secondary N) is 1. The van der Waals surface area contributed by atoms with Crippen LogP contribution in [0.5, 0.6) is 5.75 Å². The van der Waals surface area contributed by atoms with Crippen molar-refractivity contribution < 1.29 is 27.4 Å². The molecule has 0 aliphatic rings. The molecule has 1 atom stereocenters. The van der Waals surface area contributed by atoms with Crippen LogP contribution < -0.4 is 10.1 Å². The number of ether oxygens (including phenoxy) is 1. The zero-order valence-corrected chi connectivity index (χ0v) is 11.7. The van der Waals surface area contributed by atoms with Crippen LogP contribution in [0.15, 0.2) is 18.2 Å². The molecule has 21 heavy (non-hydrogen) atoms. The van der Waals surface area contributed by atoms with Gasteiger partial charge in [0.1, 0.15) is 11.6 Å². The average molecular weight is 310 g/mol. The van der Waals surface area contributed by atoms with Gasteiger partial charge in [-0.25, -0.2) is 4.39 Å². The number of likely N-dealkylation sites (N-methyl/N-ethyl adjacent to an activating group) is 1. The average Bonchev–Trinajstić information content (AvgIpc) is 2.28. The largest absolute Gasteiger partial charge is 0.573 e. The van der Waals surface area contributed by atoms with Gasteiger partial charge in [-0.1, -0.05) is 6.07 Å². The first-order chi connectivity index (χ1) is 9.67. The van der Waals surface area contributed by atoms with Gasteiger partial charge in [-0.3, -0.25) is 0 Å². The molecular weight excluding hydrogens is 292 g/mol. The fourth-order valence-electron chi connectivity index (χ4n) is 1.75. The monoisotopic (exact) mass is 310 g/mol. The molecule has 0 saturated heterocycles. The third-order valence-electron chi connectivity index (χ3n) is 2.53. The Morgan fingerprint density at radius 1 is 1.33 bits per heavy atom. The van der Waals surface area contributed by atoms with Crippen molar-refractivity contribution >= 4 is 0 Å². The zero-order chi connectivity index (χ0) is 16.0. The maximum absolute atomic E-state index is 13.0. The maximum atomic E-state index is 13.0. The molecule has 1 unspecified atom stereocenters. The first kappa shape index (κ1) is 17.7. The highest BCUT2D eigenvalue weighted by molar-refractivity contribution is 5.34. The number of alkyl halides is 3. The summed E-state index contributed by atoms with van der Waals surface area (Å²) in [5, 5.41) is 12.4. The van der Waals surface area contributed by atoms with E-state index in [0.29, 0.717) is 12.6 Å². The normalized spacial score (nSPS) is 13.5. The van der Waals surface area contributed by atoms with Crippen LogP contribution in [0.3, 0.4) is 0 Å². The lowest BCUT2D eigenvalue weighted by molar-refractivity contribution is -0.275. The molecule has 0 saturated carbocycles. The lowest BCUT2D eigenvalue weighted by Gasteiger charge is -2.17. The third kappa shape index (κ3) is 7.26. The molecular formula is C13H18F4N2O2. The topological polar surface area (TPSA) is 44.7 Å². The smallest absolute Gasteiger partial charge is 0.405 e. The Labute approximate surface area is 120 Å². The lowest BCUT2D eigenvalue weighted by Crippen LogP contribution is -2.34. The summed E-state index contributed by atoms with van der Waals surface area (Å²) in [5.41, 5.74) is 0.158. The molecule has 0 spiro atoms. The minimum absolute atomic E-state index is 0.0240. The Morgan fingerprint density at radius 3 is 2.57 bits per heavy atom. The van der Waals surface area contributed by atoms with Crippen molar-refractivity contribution in [3.8, 4) is 5.75 Å². The number of rotatable bonds is 7. The summed E-state index contributed by atoms with van der Waals surface area (Å²) in [6.45, 7) is 0.638. The number of aliphatic hydroxyl groups excluding tert-OH is 1. The van der Waals surface area contributed by atoms with E-state index in [0.717, 1.165) is 6.07 Å². The van der Waals surface area contributed by atoms with Crippen LogP contribution in [-0.2, 0) is 6.54 Å². The Kier molecular flexibility index (Phi) is 6.38. The van der Waals surface area contributed by atoms with Gasteiger partial charge in [0, 0.05) is 31.3 Å². The van der Waals surface area contributed by atoms with Crippen molar-refractivity contribution in [2.75, 3.05) is 27.2 Å². The molecule has 1 aromatic carbocycles. The fraction of sp³-hybridized carbons (Fsp3) is 0.538. The van der Waals surface area contributed by atoms with Gasteiger partial charge >= 0.3 is 6.36 Å². The van der Waals surface area contributed by atoms with Crippen molar-refractivity contribution in [2.24, 2.45) is 0 Å². The maximum Gasteiger partial charge on any atom is 0.573 e. The summed E-state index contributed by atoms with van der Waals surface area (Å²) < 4.78 is 53.5. The van der Waals surface area contributed by atoms with E-state index >= 15 is 0 Å². The van der Waals surface area contributed by atoms with E-state index in [9.17, 15) is 22.7 Å². The lowest BCUT2D eigenvalue weighted by atomic mass is 10.2. The van der Waals surface area contributed by atoms with E-state index in [1.165, 1.54) is 6.07 Å². The van der Waals surface area contributed by atoms with Crippen molar-refractivity contribution in [3.05, 3.63) is 29.6 Å². The fourth-order valence-corrected chi connectivity index (χ4v) is 1.75. The van der Waals surface area contributed by atoms with Crippen LogP contribution in [0, 0.1) is 5.82 Å². The van der Waals surface area contributed by atoms with Crippen molar-refractivity contribution in [1.82, 2.24) is 10.2 Å². The molecule has 2 N–H and O–H groups in total. The Balaban J connectivity index is 2.62. The van der Waals surface area contributed by atoms with Gasteiger partial charge < -0.3 is 20.1 Å². The van der Waals surface area contributed by atoms with Crippen LogP contribution >= 0.6 is 0 Å². The van der Waals surface area contributed by atoms with Crippen molar-refractivity contribution in [2.45, 2.75) is 19.0 Å². The first-order valence-electron chi connectivity index (χ1n) is 6.25. The molecule has 0 bridgehead atoms. The number of nitrogens with zero attached hydrogens (tertiary/aromatic N) is 1. The second kappa shape index (κ2) is 7.58. The highest BCUT2D eigenvalue weighted by Crippen LogP contribution is 2.27. The number of hydrogen-bond donors (Lipinski definition) is 2. The second-order valence-electron chi connectivity index (χ2n) is 4.85. The van der Waals surface area contributed by atoms with Crippen LogP contribution in [0.25, 0.3) is 0 Å². The van der Waals surface area contributed by atoms with E-state index < -0.39 is 24.0 Å². The summed E-state index contributed by atoms with van der Waals surface area (Å²) in [4.78, 5) is 1.78. The van der Waals surface area contributed by atoms with Gasteiger partial charge in [-0.15, -0.1) is 13.2 Å². The highest BCUT2D eigenvalue weighted by atomic mass is 19.4. The number of halogens is 4. The van der Waals surface area contributed by atoms with E-state index in [1.54, 1.807) is 19.0 Å². The molecule has 0 fully saturated rings. The molecule has 0 aliphatic heterocycles. The van der Waals surface area contributed by atoms with Crippen LogP contribution in [0.4, 0.5) is 17.6 Å². The quantitative estimate of drug-likeness (QED) is 0.753. The predicted molar refractivity (Wildman–Crippen MR) is 69.4 cm³/mol. The molecule has 0 aliphatic carbocycles. The molecule has 0 heterocycles. The number of hydrogen-bond acceptors (Lipinski definition) is 4. The van der Waals surface area contributed by atoms with Gasteiger partial charge in [0.05, 0.1) is 6.10 Å². The SMILES string of the molecule is CN(C)CC(O)CNCc1ccc(F)cc1OC(F)(F)F. The second-order valence-corrected chi connectivity index (χ2v) is 4.85. The van der Waals surface area contributed by atoms with Crippen molar-refractivity contribution in [3.63, 3.8) is 0 Å². The number of aliphatic hydroxyl groups is 1. The van der Waals surface area contributed by atoms with Crippen LogP contribution in [0.1, 0.15) is 5.56 Å². The van der Waals surface area contributed by atoms with Gasteiger partial charge in [-0.2, -0.15) is 0 Å². The van der Waals surface area contributed by atoms with E-state index in [4.69, 9.17) is 0 Å². The van der Waals surface area contributed by atoms with Gasteiger partial charge in [0.2, 0.25) is 0 Å². The highest BCUT2D eigenvalue weighted by Gasteiger charge is 2.32. The van der Waals surface area contributed by atoms with E-state index in [1.807, 2.05) is 0 Å². The Hall–Kier alpha value is -1.38. The standard InChI is InChI=1S/C13H18F4N2O2/c1-19(2)8-11(20)7-18-6-9-3-4-10(14)5-12(9)21-13(15,16)17/h3-5,11,18,20H,6-8H2,1-2H3. The summed E-state index contributed by atoms with van der Waals surface area (Å²) in [7, 11) is 3.58. The van der Waals surface area contributed by atoms with Gasteiger partial charge in [0.25, 0.3) is 0 Å². The molecule has 0 aromatic heterocycles. The third-order valence-corrected chi connectivity index (χ3v) is 2.53. The Bertz CT molecular complexity index is 452. The molecule has 1 rings (SSSR count). The first-order valence-corrected chi connectivity index (χ1v) is 6.25. The summed E-state index contributed by atoms with van der Waals surface area (Å²) in [6.07, 6.45) is -5.54. The minimum atomic E-state index is -4.88. The molecule has 8 heteroatoms. The van der Waals surface area contributed by atoms with Crippen LogP contribution in [-0.4, -0.2) is 49.7 Å². The predicted octanol–water partition coefficient (Wildman–Crippen LogP) is 1.74. The number of benzene rings is 1. The summed E-state index contributed by atoms with van der Waals surface area (Å²) in [6, 6.07) is 2.94. The minimum Gasteiger partial charge on any atom is -0.405 e. The zero-order valence-electron chi connectivity index (χ0n) is 11.7. The Morgan fingerprint density at radius 2 is 2.00 bits per heavy atom. The van der Waals surface area contributed by atoms with Gasteiger partial charge in [-0.05, 0) is 20.2 Å². The molecule has 0 amide bonds. The molecule has 120 valence electrons. The van der Waals surface area contributed by atoms with Crippen molar-refractivity contribution in [1.29, 1.82) is 0 Å². The molecule has 4 nitrogen and oxygen atoms in total. The van der Waals surface area contributed by atoms with Crippen LogP contribution in [0.2, 0.25) is 0 Å². The molecule has 0 radical (unpaired) electrons. The van der Waals surface area contributed by atoms with Gasteiger partial charge in [0.15, 0.2) is 0 Å². The summed E-state index contributed by atoms with van der Waals surface area (Å²) in [5.74, 6) is -1.40. The summed E-state index contributed by atoms with van der Waals surface area (Å²) >= 11 is 0. The van der Waals surface area contributed by atoms with E-state index in [2.05, 4.69) is 10.1 Å². The van der Waals surface area contributed by atoms with E-state index in [-0.39, 0.29) is 18.7 Å². The molecule has 1 aromatic rings.